The highest BCUT2D eigenvalue weighted by atomic mass is 32.2. The smallest absolute Gasteiger partial charge is 0.0207 e. The van der Waals surface area contributed by atoms with Crippen LogP contribution in [0.4, 0.5) is 0 Å². The van der Waals surface area contributed by atoms with E-state index in [2.05, 4.69) is 49.7 Å². The third kappa shape index (κ3) is 4.72. The van der Waals surface area contributed by atoms with Gasteiger partial charge in [-0.1, -0.05) is 31.2 Å². The van der Waals surface area contributed by atoms with Crippen molar-refractivity contribution in [2.75, 3.05) is 6.26 Å². The van der Waals surface area contributed by atoms with Gasteiger partial charge in [-0.15, -0.1) is 0 Å². The van der Waals surface area contributed by atoms with Gasteiger partial charge in [-0.2, -0.15) is 11.8 Å². The predicted molar refractivity (Wildman–Crippen MR) is 70.3 cm³/mol. The molecule has 1 atom stereocenters. The molecule has 1 N–H and O–H groups in total. The lowest BCUT2D eigenvalue weighted by Crippen LogP contribution is -2.24. The first-order valence-electron chi connectivity index (χ1n) is 5.56. The fraction of sp³-hybridized carbons (Fsp3) is 0.538. The number of hydrogen-bond acceptors (Lipinski definition) is 2. The maximum absolute atomic E-state index is 3.49. The molecule has 0 amide bonds. The number of hydrogen-bond donors (Lipinski definition) is 1. The van der Waals surface area contributed by atoms with Crippen molar-refractivity contribution < 1.29 is 0 Å². The van der Waals surface area contributed by atoms with E-state index in [1.165, 1.54) is 17.5 Å². The highest BCUT2D eigenvalue weighted by Gasteiger charge is 1.98. The summed E-state index contributed by atoms with van der Waals surface area (Å²) in [7, 11) is 0. The van der Waals surface area contributed by atoms with Gasteiger partial charge in [0.2, 0.25) is 0 Å². The second kappa shape index (κ2) is 6.91. The topological polar surface area (TPSA) is 12.0 Å². The summed E-state index contributed by atoms with van der Waals surface area (Å²) >= 11 is 1.87. The summed E-state index contributed by atoms with van der Waals surface area (Å²) in [6.45, 7) is 5.41. The molecule has 84 valence electrons. The van der Waals surface area contributed by atoms with E-state index in [0.29, 0.717) is 6.04 Å². The fourth-order valence-corrected chi connectivity index (χ4v) is 1.88. The molecule has 0 aliphatic rings. The van der Waals surface area contributed by atoms with Crippen molar-refractivity contribution in [3.05, 3.63) is 35.4 Å². The van der Waals surface area contributed by atoms with Gasteiger partial charge in [-0.25, -0.2) is 0 Å². The first-order chi connectivity index (χ1) is 7.26. The Morgan fingerprint density at radius 1 is 1.20 bits per heavy atom. The van der Waals surface area contributed by atoms with E-state index in [1.807, 2.05) is 11.8 Å². The van der Waals surface area contributed by atoms with Gasteiger partial charge in [0.15, 0.2) is 0 Å². The highest BCUT2D eigenvalue weighted by Crippen LogP contribution is 2.10. The standard InChI is InChI=1S/C13H21NS/c1-4-11(2)14-9-12-5-7-13(8-6-12)10-15-3/h5-8,11,14H,4,9-10H2,1-3H3. The maximum atomic E-state index is 3.49. The van der Waals surface area contributed by atoms with E-state index in [4.69, 9.17) is 0 Å². The van der Waals surface area contributed by atoms with Gasteiger partial charge < -0.3 is 5.32 Å². The molecule has 1 nitrogen and oxygen atoms in total. The van der Waals surface area contributed by atoms with Crippen molar-refractivity contribution in [3.8, 4) is 0 Å². The van der Waals surface area contributed by atoms with Crippen LogP contribution >= 0.6 is 11.8 Å². The molecule has 0 bridgehead atoms. The molecule has 0 saturated carbocycles. The Balaban J connectivity index is 2.42. The van der Waals surface area contributed by atoms with Crippen molar-refractivity contribution in [1.82, 2.24) is 5.32 Å². The van der Waals surface area contributed by atoms with E-state index in [0.717, 1.165) is 12.3 Å². The third-order valence-corrected chi connectivity index (χ3v) is 3.22. The SMILES string of the molecule is CCC(C)NCc1ccc(CSC)cc1. The molecule has 0 aliphatic carbocycles. The van der Waals surface area contributed by atoms with Gasteiger partial charge in [0.05, 0.1) is 0 Å². The zero-order chi connectivity index (χ0) is 11.1. The molecule has 2 heteroatoms. The van der Waals surface area contributed by atoms with E-state index < -0.39 is 0 Å². The fourth-order valence-electron chi connectivity index (χ4n) is 1.36. The van der Waals surface area contributed by atoms with Gasteiger partial charge in [0.25, 0.3) is 0 Å². The van der Waals surface area contributed by atoms with Crippen LogP contribution in [0.2, 0.25) is 0 Å². The number of rotatable bonds is 6. The largest absolute Gasteiger partial charge is 0.310 e. The van der Waals surface area contributed by atoms with Crippen LogP contribution in [-0.2, 0) is 12.3 Å². The Labute approximate surface area is 97.7 Å². The molecule has 1 aromatic rings. The molecule has 0 aliphatic heterocycles. The summed E-state index contributed by atoms with van der Waals surface area (Å²) in [5, 5.41) is 3.49. The summed E-state index contributed by atoms with van der Waals surface area (Å²) in [6, 6.07) is 9.51. The molecule has 0 heterocycles. The highest BCUT2D eigenvalue weighted by molar-refractivity contribution is 7.97. The average Bonchev–Trinajstić information content (AvgIpc) is 2.28. The Morgan fingerprint density at radius 3 is 2.33 bits per heavy atom. The molecular weight excluding hydrogens is 202 g/mol. The van der Waals surface area contributed by atoms with Crippen LogP contribution in [0.1, 0.15) is 31.4 Å². The van der Waals surface area contributed by atoms with Crippen molar-refractivity contribution >= 4 is 11.8 Å². The number of nitrogens with one attached hydrogen (secondary N) is 1. The number of benzene rings is 1. The Hall–Kier alpha value is -0.470. The summed E-state index contributed by atoms with van der Waals surface area (Å²) < 4.78 is 0. The van der Waals surface area contributed by atoms with Crippen LogP contribution < -0.4 is 5.32 Å². The molecule has 1 unspecified atom stereocenters. The third-order valence-electron chi connectivity index (χ3n) is 2.60. The van der Waals surface area contributed by atoms with Crippen molar-refractivity contribution in [3.63, 3.8) is 0 Å². The van der Waals surface area contributed by atoms with Crippen LogP contribution in [-0.4, -0.2) is 12.3 Å². The molecule has 1 aromatic carbocycles. The minimum absolute atomic E-state index is 0.607. The molecule has 0 spiro atoms. The monoisotopic (exact) mass is 223 g/mol. The molecule has 0 aromatic heterocycles. The average molecular weight is 223 g/mol. The van der Waals surface area contributed by atoms with Gasteiger partial charge >= 0.3 is 0 Å². The molecule has 0 fully saturated rings. The van der Waals surface area contributed by atoms with E-state index >= 15 is 0 Å². The van der Waals surface area contributed by atoms with Crippen LogP contribution in [0.5, 0.6) is 0 Å². The Kier molecular flexibility index (Phi) is 5.81. The van der Waals surface area contributed by atoms with Crippen molar-refractivity contribution in [1.29, 1.82) is 0 Å². The van der Waals surface area contributed by atoms with Crippen LogP contribution in [0.15, 0.2) is 24.3 Å². The van der Waals surface area contributed by atoms with E-state index in [9.17, 15) is 0 Å². The lowest BCUT2D eigenvalue weighted by molar-refractivity contribution is 0.534. The molecular formula is C13H21NS. The lowest BCUT2D eigenvalue weighted by Gasteiger charge is -2.11. The summed E-state index contributed by atoms with van der Waals surface area (Å²) in [4.78, 5) is 0. The first kappa shape index (κ1) is 12.6. The van der Waals surface area contributed by atoms with E-state index in [1.54, 1.807) is 0 Å². The summed E-state index contributed by atoms with van der Waals surface area (Å²) in [6.07, 6.45) is 3.32. The van der Waals surface area contributed by atoms with Crippen LogP contribution in [0.25, 0.3) is 0 Å². The van der Waals surface area contributed by atoms with Crippen LogP contribution in [0, 0.1) is 0 Å². The zero-order valence-electron chi connectivity index (χ0n) is 9.92. The molecule has 0 saturated heterocycles. The minimum Gasteiger partial charge on any atom is -0.310 e. The van der Waals surface area contributed by atoms with Gasteiger partial charge in [-0.05, 0) is 30.7 Å². The van der Waals surface area contributed by atoms with Crippen molar-refractivity contribution in [2.45, 2.75) is 38.6 Å². The minimum atomic E-state index is 0.607. The summed E-state index contributed by atoms with van der Waals surface area (Å²) in [5.41, 5.74) is 2.79. The first-order valence-corrected chi connectivity index (χ1v) is 6.95. The second-order valence-electron chi connectivity index (χ2n) is 3.94. The summed E-state index contributed by atoms with van der Waals surface area (Å²) in [5.74, 6) is 1.11. The lowest BCUT2D eigenvalue weighted by atomic mass is 10.1. The molecule has 0 radical (unpaired) electrons. The van der Waals surface area contributed by atoms with Gasteiger partial charge in [0, 0.05) is 18.3 Å². The predicted octanol–water partition coefficient (Wildman–Crippen LogP) is 3.44. The molecule has 15 heavy (non-hydrogen) atoms. The second-order valence-corrected chi connectivity index (χ2v) is 4.81. The Morgan fingerprint density at radius 2 is 1.80 bits per heavy atom. The maximum Gasteiger partial charge on any atom is 0.0207 e. The quantitative estimate of drug-likeness (QED) is 0.793. The van der Waals surface area contributed by atoms with Gasteiger partial charge in [0.1, 0.15) is 0 Å². The zero-order valence-corrected chi connectivity index (χ0v) is 10.7. The van der Waals surface area contributed by atoms with Crippen molar-refractivity contribution in [2.24, 2.45) is 0 Å². The van der Waals surface area contributed by atoms with Crippen LogP contribution in [0.3, 0.4) is 0 Å². The Bertz CT molecular complexity index is 268. The normalized spacial score (nSPS) is 12.7. The van der Waals surface area contributed by atoms with E-state index in [-0.39, 0.29) is 0 Å². The van der Waals surface area contributed by atoms with Gasteiger partial charge in [-0.3, -0.25) is 0 Å². The molecule has 1 rings (SSSR count). The number of thioether (sulfide) groups is 1.